The van der Waals surface area contributed by atoms with Crippen molar-refractivity contribution in [2.45, 2.75) is 57.9 Å². The molecule has 0 spiro atoms. The molecule has 1 aromatic carbocycles. The predicted octanol–water partition coefficient (Wildman–Crippen LogP) is 2.24. The molecule has 34 heavy (non-hydrogen) atoms. The van der Waals surface area contributed by atoms with Crippen LogP contribution in [0.3, 0.4) is 0 Å². The Hall–Kier alpha value is -2.94. The van der Waals surface area contributed by atoms with E-state index in [1.165, 1.54) is 10.1 Å². The van der Waals surface area contributed by atoms with Crippen molar-refractivity contribution in [3.63, 3.8) is 0 Å². The Morgan fingerprint density at radius 3 is 2.41 bits per heavy atom. The van der Waals surface area contributed by atoms with Gasteiger partial charge in [-0.1, -0.05) is 19.9 Å². The number of likely N-dealkylation sites (tertiary alicyclic amines) is 1. The summed E-state index contributed by atoms with van der Waals surface area (Å²) in [7, 11) is 1.72. The third-order valence-corrected chi connectivity index (χ3v) is 7.43. The highest BCUT2D eigenvalue weighted by molar-refractivity contribution is 6.00. The van der Waals surface area contributed by atoms with E-state index in [4.69, 9.17) is 5.11 Å². The molecule has 2 amide bonds. The number of carboxylic acids is 1. The van der Waals surface area contributed by atoms with Gasteiger partial charge in [-0.05, 0) is 68.3 Å². The number of amides is 2. The van der Waals surface area contributed by atoms with Crippen LogP contribution >= 0.6 is 0 Å². The van der Waals surface area contributed by atoms with Crippen molar-refractivity contribution >= 4 is 28.8 Å². The molecule has 2 aromatic rings. The number of fused-ring (bicyclic) bond motifs is 1. The first-order valence-electron chi connectivity index (χ1n) is 12.3. The second-order valence-electron chi connectivity index (χ2n) is 9.44. The maximum atomic E-state index is 12.9. The maximum absolute atomic E-state index is 12.9. The summed E-state index contributed by atoms with van der Waals surface area (Å²) >= 11 is 0. The number of carbonyl (C=O) groups is 3. The number of aliphatic carboxylic acids is 1. The van der Waals surface area contributed by atoms with Gasteiger partial charge in [-0.3, -0.25) is 28.8 Å². The summed E-state index contributed by atoms with van der Waals surface area (Å²) in [6.45, 7) is 6.76. The van der Waals surface area contributed by atoms with Gasteiger partial charge in [0.05, 0.1) is 17.0 Å². The van der Waals surface area contributed by atoms with Gasteiger partial charge in [0.2, 0.25) is 11.8 Å². The van der Waals surface area contributed by atoms with Gasteiger partial charge in [0, 0.05) is 20.0 Å². The molecule has 1 aromatic heterocycles. The first-order chi connectivity index (χ1) is 16.3. The van der Waals surface area contributed by atoms with Crippen molar-refractivity contribution < 1.29 is 19.5 Å². The molecule has 3 unspecified atom stereocenters. The molecule has 3 heterocycles. The van der Waals surface area contributed by atoms with E-state index in [0.29, 0.717) is 23.8 Å². The lowest BCUT2D eigenvalue weighted by atomic mass is 9.89. The Balaban J connectivity index is 0.00000133. The summed E-state index contributed by atoms with van der Waals surface area (Å²) < 4.78 is 3.09. The fourth-order valence-corrected chi connectivity index (χ4v) is 5.40. The minimum atomic E-state index is -0.673. The van der Waals surface area contributed by atoms with Gasteiger partial charge in [-0.2, -0.15) is 0 Å². The number of imidazole rings is 1. The third-order valence-electron chi connectivity index (χ3n) is 7.43. The minimum absolute atomic E-state index is 0.162. The number of nitrogens with one attached hydrogen (secondary N) is 1. The molecule has 0 bridgehead atoms. The van der Waals surface area contributed by atoms with E-state index in [0.717, 1.165) is 44.4 Å². The van der Waals surface area contributed by atoms with Crippen LogP contribution in [-0.2, 0) is 21.4 Å². The standard InChI is InChI=1S/C23H28N4O5.C2H6/c1-25-19-11-14(13-6-8-26(9-7-13)12-15-10-16(15)22(30)31)2-3-17(19)27(23(25)32)18-4-5-20(28)24-21(18)29;1-2/h2-3,11,13,15-16,18H,4-10,12H2,1H3,(H,30,31)(H,24,28,29);1-2H3. The SMILES string of the molecule is CC.Cn1c(=O)n(C2CCC(=O)NC2=O)c2ccc(C3CCN(CC4CC4C(=O)O)CC3)cc21. The smallest absolute Gasteiger partial charge is 0.329 e. The predicted molar refractivity (Wildman–Crippen MR) is 128 cm³/mol. The lowest BCUT2D eigenvalue weighted by Gasteiger charge is -2.32. The summed E-state index contributed by atoms with van der Waals surface area (Å²) in [6, 6.07) is 5.35. The van der Waals surface area contributed by atoms with Crippen LogP contribution in [0.4, 0.5) is 0 Å². The largest absolute Gasteiger partial charge is 0.481 e. The molecule has 1 saturated carbocycles. The minimum Gasteiger partial charge on any atom is -0.481 e. The number of piperidine rings is 2. The maximum Gasteiger partial charge on any atom is 0.329 e. The van der Waals surface area contributed by atoms with Crippen molar-refractivity contribution in [2.75, 3.05) is 19.6 Å². The molecule has 5 rings (SSSR count). The van der Waals surface area contributed by atoms with E-state index in [-0.39, 0.29) is 23.9 Å². The molecule has 184 valence electrons. The summed E-state index contributed by atoms with van der Waals surface area (Å²) in [6.07, 6.45) is 3.34. The Labute approximate surface area is 198 Å². The van der Waals surface area contributed by atoms with Gasteiger partial charge < -0.3 is 10.0 Å². The van der Waals surface area contributed by atoms with Crippen LogP contribution in [-0.4, -0.2) is 56.6 Å². The molecular formula is C25H34N4O5. The van der Waals surface area contributed by atoms with Crippen molar-refractivity contribution in [2.24, 2.45) is 18.9 Å². The summed E-state index contributed by atoms with van der Waals surface area (Å²) in [5.41, 5.74) is 2.44. The van der Waals surface area contributed by atoms with Crippen LogP contribution in [0.25, 0.3) is 11.0 Å². The summed E-state index contributed by atoms with van der Waals surface area (Å²) in [5.74, 6) is -0.875. The molecule has 3 fully saturated rings. The number of nitrogens with zero attached hydrogens (tertiary/aromatic N) is 3. The molecule has 1 aliphatic carbocycles. The van der Waals surface area contributed by atoms with Crippen LogP contribution < -0.4 is 11.0 Å². The summed E-state index contributed by atoms with van der Waals surface area (Å²) in [5, 5.41) is 11.4. The molecular weight excluding hydrogens is 436 g/mol. The molecule has 9 heteroatoms. The van der Waals surface area contributed by atoms with Crippen molar-refractivity contribution in [1.82, 2.24) is 19.4 Å². The number of rotatable bonds is 5. The number of hydrogen-bond donors (Lipinski definition) is 2. The van der Waals surface area contributed by atoms with Crippen LogP contribution in [0.1, 0.15) is 63.5 Å². The second kappa shape index (κ2) is 9.74. The highest BCUT2D eigenvalue weighted by Crippen LogP contribution is 2.40. The van der Waals surface area contributed by atoms with E-state index in [2.05, 4.69) is 16.3 Å². The number of carbonyl (C=O) groups excluding carboxylic acids is 2. The van der Waals surface area contributed by atoms with Crippen LogP contribution in [0.5, 0.6) is 0 Å². The lowest BCUT2D eigenvalue weighted by molar-refractivity contribution is -0.139. The van der Waals surface area contributed by atoms with Gasteiger partial charge in [0.25, 0.3) is 0 Å². The Morgan fingerprint density at radius 2 is 1.79 bits per heavy atom. The average Bonchev–Trinajstić information content (AvgIpc) is 3.56. The Kier molecular flexibility index (Phi) is 6.93. The molecule has 3 atom stereocenters. The normalized spacial score (nSPS) is 25.6. The number of imide groups is 1. The lowest BCUT2D eigenvalue weighted by Crippen LogP contribution is -2.44. The average molecular weight is 471 g/mol. The van der Waals surface area contributed by atoms with E-state index in [9.17, 15) is 19.2 Å². The molecule has 2 aliphatic heterocycles. The molecule has 0 radical (unpaired) electrons. The molecule has 3 aliphatic rings. The monoisotopic (exact) mass is 470 g/mol. The van der Waals surface area contributed by atoms with Gasteiger partial charge in [0.1, 0.15) is 6.04 Å². The Bertz CT molecular complexity index is 1160. The van der Waals surface area contributed by atoms with Crippen molar-refractivity contribution in [3.05, 3.63) is 34.2 Å². The number of carboxylic acid groups (broad SMARTS) is 1. The Morgan fingerprint density at radius 1 is 1.09 bits per heavy atom. The van der Waals surface area contributed by atoms with E-state index < -0.39 is 17.9 Å². The van der Waals surface area contributed by atoms with E-state index in [1.807, 2.05) is 26.0 Å². The topological polar surface area (TPSA) is 114 Å². The number of hydrogen-bond acceptors (Lipinski definition) is 5. The molecule has 2 saturated heterocycles. The first kappa shape index (κ1) is 24.2. The van der Waals surface area contributed by atoms with Crippen molar-refractivity contribution in [1.29, 1.82) is 0 Å². The van der Waals surface area contributed by atoms with Crippen LogP contribution in [0.2, 0.25) is 0 Å². The number of benzene rings is 1. The van der Waals surface area contributed by atoms with Gasteiger partial charge in [-0.25, -0.2) is 4.79 Å². The fourth-order valence-electron chi connectivity index (χ4n) is 5.40. The highest BCUT2D eigenvalue weighted by Gasteiger charge is 2.44. The first-order valence-corrected chi connectivity index (χ1v) is 12.3. The van der Waals surface area contributed by atoms with Crippen LogP contribution in [0, 0.1) is 11.8 Å². The molecule has 9 nitrogen and oxygen atoms in total. The van der Waals surface area contributed by atoms with Gasteiger partial charge in [0.15, 0.2) is 0 Å². The quantitative estimate of drug-likeness (QED) is 0.648. The van der Waals surface area contributed by atoms with Crippen LogP contribution in [0.15, 0.2) is 23.0 Å². The van der Waals surface area contributed by atoms with Gasteiger partial charge >= 0.3 is 11.7 Å². The zero-order valence-corrected chi connectivity index (χ0v) is 20.1. The molecule has 2 N–H and O–H groups in total. The van der Waals surface area contributed by atoms with E-state index in [1.54, 1.807) is 11.6 Å². The third kappa shape index (κ3) is 4.53. The number of aromatic nitrogens is 2. The highest BCUT2D eigenvalue weighted by atomic mass is 16.4. The van der Waals surface area contributed by atoms with Crippen molar-refractivity contribution in [3.8, 4) is 0 Å². The zero-order valence-electron chi connectivity index (χ0n) is 20.1. The summed E-state index contributed by atoms with van der Waals surface area (Å²) in [4.78, 5) is 50.2. The zero-order chi connectivity index (χ0) is 24.6. The fraction of sp³-hybridized carbons (Fsp3) is 0.600. The van der Waals surface area contributed by atoms with E-state index >= 15 is 0 Å². The second-order valence-corrected chi connectivity index (χ2v) is 9.44. The van der Waals surface area contributed by atoms with Gasteiger partial charge in [-0.15, -0.1) is 0 Å². The number of aryl methyl sites for hydroxylation is 1.